The van der Waals surface area contributed by atoms with Gasteiger partial charge in [0.25, 0.3) is 0 Å². The van der Waals surface area contributed by atoms with E-state index in [9.17, 15) is 0 Å². The van der Waals surface area contributed by atoms with Crippen molar-refractivity contribution < 1.29 is 0 Å². The Labute approximate surface area is 127 Å². The average molecular weight is 287 g/mol. The standard InChI is InChI=1S/C18H25NS/c1-12-6-8-17(10-13(12)2)16(5)19-14(3)11-18-9-7-15(4)20-18/h6-10,14,16,19H,11H2,1-5H3. The number of benzene rings is 1. The van der Waals surface area contributed by atoms with Crippen molar-refractivity contribution in [1.29, 1.82) is 0 Å². The predicted molar refractivity (Wildman–Crippen MR) is 89.7 cm³/mol. The molecule has 2 heteroatoms. The van der Waals surface area contributed by atoms with E-state index in [4.69, 9.17) is 0 Å². The summed E-state index contributed by atoms with van der Waals surface area (Å²) < 4.78 is 0. The van der Waals surface area contributed by atoms with Gasteiger partial charge in [-0.2, -0.15) is 0 Å². The molecule has 0 saturated heterocycles. The maximum Gasteiger partial charge on any atom is 0.0294 e. The second kappa shape index (κ2) is 6.55. The third-order valence-corrected chi connectivity index (χ3v) is 4.89. The number of thiophene rings is 1. The Hall–Kier alpha value is -1.12. The van der Waals surface area contributed by atoms with Gasteiger partial charge in [-0.05, 0) is 69.9 Å². The van der Waals surface area contributed by atoms with Gasteiger partial charge in [0.05, 0.1) is 0 Å². The Balaban J connectivity index is 1.96. The van der Waals surface area contributed by atoms with Crippen LogP contribution in [-0.2, 0) is 6.42 Å². The summed E-state index contributed by atoms with van der Waals surface area (Å²) in [6, 6.07) is 12.1. The molecule has 0 saturated carbocycles. The smallest absolute Gasteiger partial charge is 0.0294 e. The van der Waals surface area contributed by atoms with Crippen molar-refractivity contribution in [3.8, 4) is 0 Å². The van der Waals surface area contributed by atoms with Crippen LogP contribution in [0, 0.1) is 20.8 Å². The Morgan fingerprint density at radius 3 is 2.35 bits per heavy atom. The molecule has 0 aliphatic rings. The molecule has 0 aliphatic heterocycles. The van der Waals surface area contributed by atoms with Gasteiger partial charge in [-0.1, -0.05) is 18.2 Å². The molecule has 1 aromatic carbocycles. The van der Waals surface area contributed by atoms with Crippen molar-refractivity contribution in [2.24, 2.45) is 0 Å². The molecule has 1 nitrogen and oxygen atoms in total. The molecule has 2 aromatic rings. The summed E-state index contributed by atoms with van der Waals surface area (Å²) in [7, 11) is 0. The van der Waals surface area contributed by atoms with E-state index in [1.54, 1.807) is 0 Å². The Kier molecular flexibility index (Phi) is 5.00. The van der Waals surface area contributed by atoms with Crippen LogP contribution < -0.4 is 5.32 Å². The quantitative estimate of drug-likeness (QED) is 0.820. The first-order chi connectivity index (χ1) is 9.45. The molecule has 1 aromatic heterocycles. The maximum atomic E-state index is 3.71. The lowest BCUT2D eigenvalue weighted by Crippen LogP contribution is -2.30. The van der Waals surface area contributed by atoms with Crippen LogP contribution in [0.3, 0.4) is 0 Å². The minimum absolute atomic E-state index is 0.394. The van der Waals surface area contributed by atoms with E-state index in [2.05, 4.69) is 70.3 Å². The minimum atomic E-state index is 0.394. The first-order valence-electron chi connectivity index (χ1n) is 7.34. The normalized spacial score (nSPS) is 14.2. The molecule has 20 heavy (non-hydrogen) atoms. The van der Waals surface area contributed by atoms with Crippen molar-refractivity contribution >= 4 is 11.3 Å². The molecule has 0 radical (unpaired) electrons. The van der Waals surface area contributed by atoms with Crippen LogP contribution in [0.1, 0.15) is 46.3 Å². The van der Waals surface area contributed by atoms with Gasteiger partial charge < -0.3 is 5.32 Å². The maximum absolute atomic E-state index is 3.71. The number of aryl methyl sites for hydroxylation is 3. The number of hydrogen-bond acceptors (Lipinski definition) is 2. The van der Waals surface area contributed by atoms with E-state index < -0.39 is 0 Å². The predicted octanol–water partition coefficient (Wildman–Crippen LogP) is 4.96. The second-order valence-corrected chi connectivity index (χ2v) is 7.22. The fourth-order valence-electron chi connectivity index (χ4n) is 2.51. The number of rotatable bonds is 5. The molecular formula is C18H25NS. The molecule has 0 fully saturated rings. The fraction of sp³-hybridized carbons (Fsp3) is 0.444. The summed E-state index contributed by atoms with van der Waals surface area (Å²) in [6.45, 7) is 11.0. The van der Waals surface area contributed by atoms with Crippen molar-refractivity contribution in [2.45, 2.75) is 53.1 Å². The summed E-state index contributed by atoms with van der Waals surface area (Å²) in [5.74, 6) is 0. The summed E-state index contributed by atoms with van der Waals surface area (Å²) in [6.07, 6.45) is 1.10. The number of hydrogen-bond donors (Lipinski definition) is 1. The van der Waals surface area contributed by atoms with Crippen molar-refractivity contribution in [1.82, 2.24) is 5.32 Å². The van der Waals surface area contributed by atoms with Crippen LogP contribution in [0.2, 0.25) is 0 Å². The van der Waals surface area contributed by atoms with Gasteiger partial charge in [-0.25, -0.2) is 0 Å². The average Bonchev–Trinajstić information content (AvgIpc) is 2.77. The Bertz CT molecular complexity index is 571. The second-order valence-electron chi connectivity index (χ2n) is 5.85. The van der Waals surface area contributed by atoms with Gasteiger partial charge in [-0.15, -0.1) is 11.3 Å². The lowest BCUT2D eigenvalue weighted by atomic mass is 10.0. The molecule has 0 bridgehead atoms. The lowest BCUT2D eigenvalue weighted by molar-refractivity contribution is 0.479. The summed E-state index contributed by atoms with van der Waals surface area (Å²) in [5.41, 5.74) is 4.11. The molecule has 108 valence electrons. The fourth-order valence-corrected chi connectivity index (χ4v) is 3.53. The van der Waals surface area contributed by atoms with Crippen LogP contribution in [0.25, 0.3) is 0 Å². The van der Waals surface area contributed by atoms with E-state index in [1.807, 2.05) is 11.3 Å². The molecular weight excluding hydrogens is 262 g/mol. The number of nitrogens with one attached hydrogen (secondary N) is 1. The summed E-state index contributed by atoms with van der Waals surface area (Å²) in [4.78, 5) is 2.86. The molecule has 1 N–H and O–H groups in total. The van der Waals surface area contributed by atoms with E-state index in [0.717, 1.165) is 6.42 Å². The van der Waals surface area contributed by atoms with E-state index in [1.165, 1.54) is 26.4 Å². The molecule has 0 aliphatic carbocycles. The zero-order valence-corrected chi connectivity index (χ0v) is 14.0. The van der Waals surface area contributed by atoms with Gasteiger partial charge in [-0.3, -0.25) is 0 Å². The summed E-state index contributed by atoms with van der Waals surface area (Å²) >= 11 is 1.90. The third kappa shape index (κ3) is 3.94. The van der Waals surface area contributed by atoms with Gasteiger partial charge in [0.15, 0.2) is 0 Å². The molecule has 2 rings (SSSR count). The highest BCUT2D eigenvalue weighted by molar-refractivity contribution is 7.11. The minimum Gasteiger partial charge on any atom is -0.307 e. The van der Waals surface area contributed by atoms with Crippen LogP contribution in [0.15, 0.2) is 30.3 Å². The van der Waals surface area contributed by atoms with Crippen molar-refractivity contribution in [3.63, 3.8) is 0 Å². The Morgan fingerprint density at radius 1 is 1.00 bits per heavy atom. The molecule has 2 atom stereocenters. The first-order valence-corrected chi connectivity index (χ1v) is 8.16. The highest BCUT2D eigenvalue weighted by Gasteiger charge is 2.11. The molecule has 0 amide bonds. The SMILES string of the molecule is Cc1ccc(CC(C)NC(C)c2ccc(C)c(C)c2)s1. The lowest BCUT2D eigenvalue weighted by Gasteiger charge is -2.20. The van der Waals surface area contributed by atoms with E-state index in [0.29, 0.717) is 12.1 Å². The first kappa shape index (κ1) is 15.3. The summed E-state index contributed by atoms with van der Waals surface area (Å²) in [5, 5.41) is 3.71. The van der Waals surface area contributed by atoms with Crippen molar-refractivity contribution in [2.75, 3.05) is 0 Å². The molecule has 2 unspecified atom stereocenters. The van der Waals surface area contributed by atoms with Gasteiger partial charge >= 0.3 is 0 Å². The molecule has 1 heterocycles. The third-order valence-electron chi connectivity index (χ3n) is 3.87. The monoisotopic (exact) mass is 287 g/mol. The van der Waals surface area contributed by atoms with Crippen LogP contribution in [0.5, 0.6) is 0 Å². The van der Waals surface area contributed by atoms with Crippen LogP contribution in [0.4, 0.5) is 0 Å². The highest BCUT2D eigenvalue weighted by Crippen LogP contribution is 2.20. The zero-order valence-electron chi connectivity index (χ0n) is 13.2. The van der Waals surface area contributed by atoms with Gasteiger partial charge in [0, 0.05) is 21.8 Å². The highest BCUT2D eigenvalue weighted by atomic mass is 32.1. The van der Waals surface area contributed by atoms with E-state index in [-0.39, 0.29) is 0 Å². The molecule has 0 spiro atoms. The van der Waals surface area contributed by atoms with Gasteiger partial charge in [0.1, 0.15) is 0 Å². The topological polar surface area (TPSA) is 12.0 Å². The largest absolute Gasteiger partial charge is 0.307 e. The zero-order chi connectivity index (χ0) is 14.7. The van der Waals surface area contributed by atoms with Crippen LogP contribution in [-0.4, -0.2) is 6.04 Å². The van der Waals surface area contributed by atoms with E-state index >= 15 is 0 Å². The van der Waals surface area contributed by atoms with Gasteiger partial charge in [0.2, 0.25) is 0 Å². The van der Waals surface area contributed by atoms with Crippen LogP contribution >= 0.6 is 11.3 Å². The Morgan fingerprint density at radius 2 is 1.75 bits per heavy atom. The van der Waals surface area contributed by atoms with Crippen molar-refractivity contribution in [3.05, 3.63) is 56.8 Å².